The van der Waals surface area contributed by atoms with Crippen molar-refractivity contribution in [2.75, 3.05) is 7.11 Å². The molecular weight excluding hydrogens is 218 g/mol. The molecule has 1 aromatic carbocycles. The summed E-state index contributed by atoms with van der Waals surface area (Å²) in [5.74, 6) is -0.824. The first-order chi connectivity index (χ1) is 7.54. The molecule has 3 nitrogen and oxygen atoms in total. The lowest BCUT2D eigenvalue weighted by Gasteiger charge is -2.06. The number of hydrogen-bond acceptors (Lipinski definition) is 3. The summed E-state index contributed by atoms with van der Waals surface area (Å²) >= 11 is 0. The van der Waals surface area contributed by atoms with E-state index in [1.54, 1.807) is 0 Å². The fraction of sp³-hybridized carbons (Fsp3) is 0.364. The summed E-state index contributed by atoms with van der Waals surface area (Å²) in [5, 5.41) is 9.29. The Morgan fingerprint density at radius 3 is 2.69 bits per heavy atom. The number of hydrogen-bond donors (Lipinski definition) is 1. The molecule has 0 aliphatic carbocycles. The van der Waals surface area contributed by atoms with Gasteiger partial charge in [-0.3, -0.25) is 4.79 Å². The van der Waals surface area contributed by atoms with Crippen molar-refractivity contribution in [2.24, 2.45) is 0 Å². The average molecular weight is 230 g/mol. The van der Waals surface area contributed by atoms with Crippen LogP contribution in [0.25, 0.3) is 0 Å². The molecule has 0 spiro atoms. The Labute approximate surface area is 91.7 Å². The number of alkyl halides is 2. The number of carbonyl (C=O) groups is 1. The molecular formula is C11H12F2O3. The summed E-state index contributed by atoms with van der Waals surface area (Å²) in [7, 11) is 1.28. The van der Waals surface area contributed by atoms with Crippen LogP contribution in [0.1, 0.15) is 24.0 Å². The van der Waals surface area contributed by atoms with Gasteiger partial charge in [0.1, 0.15) is 5.75 Å². The van der Waals surface area contributed by atoms with Gasteiger partial charge in [0, 0.05) is 6.42 Å². The number of aryl methyl sites for hydroxylation is 1. The predicted molar refractivity (Wildman–Crippen MR) is 53.4 cm³/mol. The first-order valence-corrected chi connectivity index (χ1v) is 4.71. The van der Waals surface area contributed by atoms with Crippen LogP contribution < -0.4 is 0 Å². The first kappa shape index (κ1) is 12.4. The van der Waals surface area contributed by atoms with Crippen molar-refractivity contribution in [1.29, 1.82) is 0 Å². The number of methoxy groups -OCH3 is 1. The van der Waals surface area contributed by atoms with Gasteiger partial charge in [0.25, 0.3) is 6.43 Å². The number of carbonyl (C=O) groups excluding carboxylic acids is 1. The van der Waals surface area contributed by atoms with E-state index in [4.69, 9.17) is 0 Å². The molecule has 16 heavy (non-hydrogen) atoms. The van der Waals surface area contributed by atoms with Gasteiger partial charge in [0.2, 0.25) is 0 Å². The second kappa shape index (κ2) is 5.44. The van der Waals surface area contributed by atoms with Crippen molar-refractivity contribution in [3.05, 3.63) is 29.3 Å². The normalized spacial score (nSPS) is 10.5. The first-order valence-electron chi connectivity index (χ1n) is 4.71. The smallest absolute Gasteiger partial charge is 0.305 e. The Bertz CT molecular complexity index is 377. The van der Waals surface area contributed by atoms with Gasteiger partial charge in [-0.2, -0.15) is 0 Å². The zero-order valence-electron chi connectivity index (χ0n) is 8.74. The van der Waals surface area contributed by atoms with Crippen LogP contribution in [0.5, 0.6) is 5.75 Å². The predicted octanol–water partition coefficient (Wildman–Crippen LogP) is 2.44. The van der Waals surface area contributed by atoms with Crippen molar-refractivity contribution in [3.8, 4) is 5.75 Å². The van der Waals surface area contributed by atoms with Gasteiger partial charge in [0.05, 0.1) is 12.7 Å². The number of esters is 1. The van der Waals surface area contributed by atoms with E-state index in [0.717, 1.165) is 6.07 Å². The minimum atomic E-state index is -2.70. The van der Waals surface area contributed by atoms with Crippen LogP contribution in [-0.4, -0.2) is 18.2 Å². The molecule has 0 bridgehead atoms. The molecule has 1 aromatic rings. The van der Waals surface area contributed by atoms with Gasteiger partial charge in [0.15, 0.2) is 0 Å². The minimum absolute atomic E-state index is 0.157. The summed E-state index contributed by atoms with van der Waals surface area (Å²) in [6.07, 6.45) is -2.19. The van der Waals surface area contributed by atoms with Gasteiger partial charge in [-0.05, 0) is 24.1 Å². The van der Waals surface area contributed by atoms with Gasteiger partial charge in [-0.1, -0.05) is 6.07 Å². The molecule has 88 valence electrons. The zero-order valence-corrected chi connectivity index (χ0v) is 8.74. The van der Waals surface area contributed by atoms with Gasteiger partial charge < -0.3 is 9.84 Å². The highest BCUT2D eigenvalue weighted by Crippen LogP contribution is 2.28. The van der Waals surface area contributed by atoms with Crippen molar-refractivity contribution >= 4 is 5.97 Å². The molecule has 0 saturated carbocycles. The molecule has 0 aliphatic heterocycles. The number of phenols is 1. The lowest BCUT2D eigenvalue weighted by molar-refractivity contribution is -0.140. The van der Waals surface area contributed by atoms with Crippen LogP contribution in [0.2, 0.25) is 0 Å². The SMILES string of the molecule is COC(=O)CCc1ccc(C(F)F)c(O)c1. The van der Waals surface area contributed by atoms with Crippen molar-refractivity contribution in [1.82, 2.24) is 0 Å². The summed E-state index contributed by atoms with van der Waals surface area (Å²) in [6.45, 7) is 0. The van der Waals surface area contributed by atoms with E-state index in [2.05, 4.69) is 4.74 Å². The molecule has 0 heterocycles. The standard InChI is InChI=1S/C11H12F2O3/c1-16-10(15)5-3-7-2-4-8(11(12)13)9(14)6-7/h2,4,6,11,14H,3,5H2,1H3. The third kappa shape index (κ3) is 3.18. The molecule has 0 saturated heterocycles. The van der Waals surface area contributed by atoms with E-state index < -0.39 is 17.7 Å². The zero-order chi connectivity index (χ0) is 12.1. The molecule has 1 rings (SSSR count). The van der Waals surface area contributed by atoms with E-state index >= 15 is 0 Å². The number of halogens is 2. The third-order valence-corrected chi connectivity index (χ3v) is 2.18. The van der Waals surface area contributed by atoms with Gasteiger partial charge in [-0.15, -0.1) is 0 Å². The Balaban J connectivity index is 2.70. The van der Waals surface area contributed by atoms with Gasteiger partial charge >= 0.3 is 5.97 Å². The highest BCUT2D eigenvalue weighted by molar-refractivity contribution is 5.69. The summed E-state index contributed by atoms with van der Waals surface area (Å²) in [5.41, 5.74) is 0.217. The van der Waals surface area contributed by atoms with Crippen LogP contribution in [0.15, 0.2) is 18.2 Å². The van der Waals surface area contributed by atoms with Crippen LogP contribution in [0.3, 0.4) is 0 Å². The van der Waals surface area contributed by atoms with Crippen molar-refractivity contribution < 1.29 is 23.4 Å². The molecule has 0 fully saturated rings. The number of benzene rings is 1. The fourth-order valence-corrected chi connectivity index (χ4v) is 1.28. The molecule has 0 aliphatic rings. The van der Waals surface area contributed by atoms with Crippen LogP contribution >= 0.6 is 0 Å². The Morgan fingerprint density at radius 1 is 1.50 bits per heavy atom. The van der Waals surface area contributed by atoms with Crippen LogP contribution in [-0.2, 0) is 16.0 Å². The molecule has 0 radical (unpaired) electrons. The Hall–Kier alpha value is -1.65. The monoisotopic (exact) mass is 230 g/mol. The average Bonchev–Trinajstić information content (AvgIpc) is 2.25. The largest absolute Gasteiger partial charge is 0.507 e. The van der Waals surface area contributed by atoms with E-state index in [0.29, 0.717) is 12.0 Å². The number of ether oxygens (including phenoxy) is 1. The maximum absolute atomic E-state index is 12.3. The van der Waals surface area contributed by atoms with E-state index in [9.17, 15) is 18.7 Å². The van der Waals surface area contributed by atoms with Crippen molar-refractivity contribution in [3.63, 3.8) is 0 Å². The Kier molecular flexibility index (Phi) is 4.22. The highest BCUT2D eigenvalue weighted by Gasteiger charge is 2.13. The van der Waals surface area contributed by atoms with Crippen LogP contribution in [0.4, 0.5) is 8.78 Å². The summed E-state index contributed by atoms with van der Waals surface area (Å²) in [6, 6.07) is 3.86. The summed E-state index contributed by atoms with van der Waals surface area (Å²) in [4.78, 5) is 10.8. The Morgan fingerprint density at radius 2 is 2.19 bits per heavy atom. The minimum Gasteiger partial charge on any atom is -0.507 e. The van der Waals surface area contributed by atoms with E-state index in [1.807, 2.05) is 0 Å². The lowest BCUT2D eigenvalue weighted by Crippen LogP contribution is -2.02. The number of aromatic hydroxyl groups is 1. The number of phenolic OH excluding ortho intramolecular Hbond substituents is 1. The quantitative estimate of drug-likeness (QED) is 0.808. The van der Waals surface area contributed by atoms with Crippen LogP contribution in [0, 0.1) is 0 Å². The van der Waals surface area contributed by atoms with E-state index in [-0.39, 0.29) is 12.4 Å². The second-order valence-electron chi connectivity index (χ2n) is 3.27. The van der Waals surface area contributed by atoms with Crippen molar-refractivity contribution in [2.45, 2.75) is 19.3 Å². The maximum atomic E-state index is 12.3. The third-order valence-electron chi connectivity index (χ3n) is 2.18. The van der Waals surface area contributed by atoms with Gasteiger partial charge in [-0.25, -0.2) is 8.78 Å². The molecule has 1 N–H and O–H groups in total. The molecule has 5 heteroatoms. The topological polar surface area (TPSA) is 46.5 Å². The highest BCUT2D eigenvalue weighted by atomic mass is 19.3. The summed E-state index contributed by atoms with van der Waals surface area (Å²) < 4.78 is 29.0. The fourth-order valence-electron chi connectivity index (χ4n) is 1.28. The lowest BCUT2D eigenvalue weighted by atomic mass is 10.1. The number of rotatable bonds is 4. The second-order valence-corrected chi connectivity index (χ2v) is 3.27. The maximum Gasteiger partial charge on any atom is 0.305 e. The molecule has 0 atom stereocenters. The molecule has 0 aromatic heterocycles. The molecule has 0 unspecified atom stereocenters. The van der Waals surface area contributed by atoms with E-state index in [1.165, 1.54) is 19.2 Å². The molecule has 0 amide bonds.